The molecule has 1 saturated carbocycles. The van der Waals surface area contributed by atoms with Crippen LogP contribution in [-0.2, 0) is 0 Å². The van der Waals surface area contributed by atoms with E-state index in [4.69, 9.17) is 0 Å². The van der Waals surface area contributed by atoms with Gasteiger partial charge in [0.1, 0.15) is 0 Å². The average molecular weight is 327 g/mol. The molecule has 2 unspecified atom stereocenters. The van der Waals surface area contributed by atoms with Crippen LogP contribution in [0.15, 0.2) is 36.7 Å². The van der Waals surface area contributed by atoms with E-state index in [0.717, 1.165) is 36.9 Å². The highest BCUT2D eigenvalue weighted by Crippen LogP contribution is 2.25. The lowest BCUT2D eigenvalue weighted by Gasteiger charge is -2.31. The van der Waals surface area contributed by atoms with Gasteiger partial charge in [-0.15, -0.1) is 0 Å². The van der Waals surface area contributed by atoms with E-state index >= 15 is 0 Å². The lowest BCUT2D eigenvalue weighted by atomic mass is 9.86. The summed E-state index contributed by atoms with van der Waals surface area (Å²) in [7, 11) is 1.81. The molecule has 0 radical (unpaired) electrons. The zero-order valence-corrected chi connectivity index (χ0v) is 14.4. The number of nitrogens with zero attached hydrogens (tertiary/aromatic N) is 3. The zero-order chi connectivity index (χ0) is 17.1. The van der Waals surface area contributed by atoms with Crippen molar-refractivity contribution in [2.75, 3.05) is 13.6 Å². The van der Waals surface area contributed by atoms with E-state index in [1.165, 1.54) is 0 Å². The van der Waals surface area contributed by atoms with Crippen LogP contribution in [0, 0.1) is 12.8 Å². The largest absolute Gasteiger partial charge is 0.393 e. The molecular weight excluding hydrogens is 302 g/mol. The summed E-state index contributed by atoms with van der Waals surface area (Å²) in [5, 5.41) is 14.4. The Labute approximate surface area is 142 Å². The zero-order valence-electron chi connectivity index (χ0n) is 14.4. The number of aryl methyl sites for hydroxylation is 1. The number of hydrogen-bond donors (Lipinski definition) is 1. The molecule has 1 aromatic carbocycles. The number of amides is 1. The van der Waals surface area contributed by atoms with Gasteiger partial charge < -0.3 is 10.0 Å². The fourth-order valence-corrected chi connectivity index (χ4v) is 3.37. The van der Waals surface area contributed by atoms with Crippen molar-refractivity contribution in [3.05, 3.63) is 47.8 Å². The van der Waals surface area contributed by atoms with E-state index in [-0.39, 0.29) is 17.9 Å². The molecule has 0 bridgehead atoms. The minimum Gasteiger partial charge on any atom is -0.393 e. The third-order valence-corrected chi connectivity index (χ3v) is 4.81. The third kappa shape index (κ3) is 3.67. The molecule has 0 aliphatic heterocycles. The Morgan fingerprint density at radius 3 is 2.62 bits per heavy atom. The van der Waals surface area contributed by atoms with Gasteiger partial charge in [-0.05, 0) is 49.6 Å². The minimum atomic E-state index is -0.278. The average Bonchev–Trinajstić information content (AvgIpc) is 3.03. The smallest absolute Gasteiger partial charge is 0.253 e. The molecule has 128 valence electrons. The number of rotatable bonds is 4. The Morgan fingerprint density at radius 2 is 2.00 bits per heavy atom. The maximum Gasteiger partial charge on any atom is 0.253 e. The first-order valence-corrected chi connectivity index (χ1v) is 8.60. The van der Waals surface area contributed by atoms with Crippen LogP contribution < -0.4 is 0 Å². The number of aliphatic hydroxyl groups is 1. The highest BCUT2D eigenvalue weighted by molar-refractivity contribution is 5.94. The summed E-state index contributed by atoms with van der Waals surface area (Å²) in [6.45, 7) is 2.61. The Hall–Kier alpha value is -2.14. The predicted molar refractivity (Wildman–Crippen MR) is 93.2 cm³/mol. The molecule has 24 heavy (non-hydrogen) atoms. The predicted octanol–water partition coefficient (Wildman–Crippen LogP) is 2.80. The second-order valence-electron chi connectivity index (χ2n) is 6.81. The standard InChI is InChI=1S/C19H25N3O2/c1-14-11-20-22(12-14)17-9-7-15(8-10-17)19(24)21(2)13-16-5-3-4-6-18(16)23/h7-12,16,18,23H,3-6,13H2,1-2H3. The number of carbonyl (C=O) groups excluding carboxylic acids is 1. The van der Waals surface area contributed by atoms with Crippen LogP contribution in [-0.4, -0.2) is 45.4 Å². The first-order chi connectivity index (χ1) is 11.5. The fraction of sp³-hybridized carbons (Fsp3) is 0.474. The molecule has 1 heterocycles. The van der Waals surface area contributed by atoms with E-state index in [9.17, 15) is 9.90 Å². The number of aliphatic hydroxyl groups excluding tert-OH is 1. The van der Waals surface area contributed by atoms with Crippen molar-refractivity contribution >= 4 is 5.91 Å². The molecule has 3 rings (SSSR count). The van der Waals surface area contributed by atoms with Gasteiger partial charge in [-0.25, -0.2) is 4.68 Å². The van der Waals surface area contributed by atoms with Crippen molar-refractivity contribution in [2.24, 2.45) is 5.92 Å². The Bertz CT molecular complexity index is 693. The van der Waals surface area contributed by atoms with Gasteiger partial charge in [0.15, 0.2) is 0 Å². The Morgan fingerprint density at radius 1 is 1.29 bits per heavy atom. The monoisotopic (exact) mass is 327 g/mol. The van der Waals surface area contributed by atoms with Crippen molar-refractivity contribution < 1.29 is 9.90 Å². The first kappa shape index (κ1) is 16.7. The molecule has 2 atom stereocenters. The quantitative estimate of drug-likeness (QED) is 0.939. The highest BCUT2D eigenvalue weighted by atomic mass is 16.3. The number of hydrogen-bond acceptors (Lipinski definition) is 3. The molecule has 1 aliphatic carbocycles. The van der Waals surface area contributed by atoms with Gasteiger partial charge in [0, 0.05) is 31.3 Å². The molecule has 1 amide bonds. The highest BCUT2D eigenvalue weighted by Gasteiger charge is 2.25. The van der Waals surface area contributed by atoms with Gasteiger partial charge in [0.05, 0.1) is 18.0 Å². The topological polar surface area (TPSA) is 58.4 Å². The summed E-state index contributed by atoms with van der Waals surface area (Å²) >= 11 is 0. The van der Waals surface area contributed by atoms with Crippen molar-refractivity contribution in [1.29, 1.82) is 0 Å². The van der Waals surface area contributed by atoms with Crippen LogP contribution in [0.3, 0.4) is 0 Å². The van der Waals surface area contributed by atoms with Crippen molar-refractivity contribution in [1.82, 2.24) is 14.7 Å². The van der Waals surface area contributed by atoms with Crippen LogP contribution in [0.2, 0.25) is 0 Å². The van der Waals surface area contributed by atoms with Crippen molar-refractivity contribution in [3.8, 4) is 5.69 Å². The minimum absolute atomic E-state index is 0.00373. The lowest BCUT2D eigenvalue weighted by Crippen LogP contribution is -2.38. The Kier molecular flexibility index (Phi) is 5.00. The molecular formula is C19H25N3O2. The second kappa shape index (κ2) is 7.18. The van der Waals surface area contributed by atoms with Crippen molar-refractivity contribution in [3.63, 3.8) is 0 Å². The summed E-state index contributed by atoms with van der Waals surface area (Å²) < 4.78 is 1.80. The molecule has 5 nitrogen and oxygen atoms in total. The molecule has 1 N–H and O–H groups in total. The fourth-order valence-electron chi connectivity index (χ4n) is 3.37. The van der Waals surface area contributed by atoms with E-state index < -0.39 is 0 Å². The maximum absolute atomic E-state index is 12.6. The van der Waals surface area contributed by atoms with Gasteiger partial charge in [-0.3, -0.25) is 4.79 Å². The SMILES string of the molecule is Cc1cnn(-c2ccc(C(=O)N(C)CC3CCCCC3O)cc2)c1. The van der Waals surface area contributed by atoms with E-state index in [0.29, 0.717) is 12.1 Å². The van der Waals surface area contributed by atoms with Crippen LogP contribution >= 0.6 is 0 Å². The molecule has 1 aliphatic rings. The molecule has 5 heteroatoms. The molecule has 0 saturated heterocycles. The Balaban J connectivity index is 1.65. The summed E-state index contributed by atoms with van der Waals surface area (Å²) in [6, 6.07) is 7.48. The lowest BCUT2D eigenvalue weighted by molar-refractivity contribution is 0.0451. The normalized spacial score (nSPS) is 20.8. The van der Waals surface area contributed by atoms with E-state index in [2.05, 4.69) is 5.10 Å². The van der Waals surface area contributed by atoms with Crippen LogP contribution in [0.5, 0.6) is 0 Å². The van der Waals surface area contributed by atoms with Gasteiger partial charge in [0.25, 0.3) is 5.91 Å². The molecule has 1 aromatic heterocycles. The number of carbonyl (C=O) groups is 1. The van der Waals surface area contributed by atoms with Gasteiger partial charge in [-0.2, -0.15) is 5.10 Å². The first-order valence-electron chi connectivity index (χ1n) is 8.60. The van der Waals surface area contributed by atoms with Crippen LogP contribution in [0.25, 0.3) is 5.69 Å². The van der Waals surface area contributed by atoms with Gasteiger partial charge in [-0.1, -0.05) is 12.8 Å². The van der Waals surface area contributed by atoms with Gasteiger partial charge >= 0.3 is 0 Å². The summed E-state index contributed by atoms with van der Waals surface area (Å²) in [5.41, 5.74) is 2.70. The molecule has 2 aromatic rings. The maximum atomic E-state index is 12.6. The van der Waals surface area contributed by atoms with Crippen LogP contribution in [0.4, 0.5) is 0 Å². The van der Waals surface area contributed by atoms with E-state index in [1.807, 2.05) is 50.6 Å². The van der Waals surface area contributed by atoms with Crippen LogP contribution in [0.1, 0.15) is 41.6 Å². The number of benzene rings is 1. The summed E-state index contributed by atoms with van der Waals surface area (Å²) in [4.78, 5) is 14.3. The summed E-state index contributed by atoms with van der Waals surface area (Å²) in [5.74, 6) is 0.190. The van der Waals surface area contributed by atoms with E-state index in [1.54, 1.807) is 9.58 Å². The third-order valence-electron chi connectivity index (χ3n) is 4.81. The van der Waals surface area contributed by atoms with Gasteiger partial charge in [0.2, 0.25) is 0 Å². The second-order valence-corrected chi connectivity index (χ2v) is 6.81. The van der Waals surface area contributed by atoms with Crippen molar-refractivity contribution in [2.45, 2.75) is 38.7 Å². The summed E-state index contributed by atoms with van der Waals surface area (Å²) in [6.07, 6.45) is 7.56. The number of aromatic nitrogens is 2. The molecule has 0 spiro atoms. The molecule has 1 fully saturated rings.